The summed E-state index contributed by atoms with van der Waals surface area (Å²) in [5.41, 5.74) is 0.642. The standard InChI is InChI=1S/C18H18N2O6/c1-4-8-26-14-7-6-12(10-15(14)25-5-2)9-13-17(22)20(18(23)19-13)11-16(21)24-3/h1,6-7,9-10H,5,8,11H2,2-3H3,(H,19,23). The SMILES string of the molecule is C#CCOc1ccc(C=C2NC(=O)N(CC(=O)OC)C2=O)cc1OCC. The monoisotopic (exact) mass is 358 g/mol. The molecule has 1 N–H and O–H groups in total. The molecule has 1 saturated heterocycles. The molecule has 26 heavy (non-hydrogen) atoms. The van der Waals surface area contributed by atoms with Crippen molar-refractivity contribution in [1.82, 2.24) is 10.2 Å². The Morgan fingerprint density at radius 2 is 2.08 bits per heavy atom. The number of hydrogen-bond acceptors (Lipinski definition) is 6. The van der Waals surface area contributed by atoms with Crippen LogP contribution in [0.4, 0.5) is 4.79 Å². The summed E-state index contributed by atoms with van der Waals surface area (Å²) in [7, 11) is 1.18. The maximum absolute atomic E-state index is 12.3. The lowest BCUT2D eigenvalue weighted by Gasteiger charge is -2.11. The Labute approximate surface area is 150 Å². The van der Waals surface area contributed by atoms with Gasteiger partial charge in [0.25, 0.3) is 5.91 Å². The second-order valence-corrected chi connectivity index (χ2v) is 5.09. The third-order valence-electron chi connectivity index (χ3n) is 3.37. The molecule has 8 nitrogen and oxygen atoms in total. The van der Waals surface area contributed by atoms with E-state index in [0.717, 1.165) is 4.90 Å². The summed E-state index contributed by atoms with van der Waals surface area (Å²) in [5.74, 6) is 1.99. The second-order valence-electron chi connectivity index (χ2n) is 5.09. The van der Waals surface area contributed by atoms with Crippen molar-refractivity contribution in [2.24, 2.45) is 0 Å². The van der Waals surface area contributed by atoms with E-state index in [9.17, 15) is 14.4 Å². The van der Waals surface area contributed by atoms with E-state index >= 15 is 0 Å². The van der Waals surface area contributed by atoms with E-state index in [1.807, 2.05) is 6.92 Å². The number of benzene rings is 1. The van der Waals surface area contributed by atoms with Gasteiger partial charge in [-0.15, -0.1) is 6.42 Å². The average Bonchev–Trinajstić information content (AvgIpc) is 2.88. The maximum Gasteiger partial charge on any atom is 0.329 e. The van der Waals surface area contributed by atoms with Crippen molar-refractivity contribution in [2.75, 3.05) is 26.9 Å². The first-order valence-electron chi connectivity index (χ1n) is 7.74. The minimum Gasteiger partial charge on any atom is -0.490 e. The van der Waals surface area contributed by atoms with Gasteiger partial charge in [-0.3, -0.25) is 9.59 Å². The lowest BCUT2D eigenvalue weighted by molar-refractivity contribution is -0.143. The molecule has 0 atom stereocenters. The van der Waals surface area contributed by atoms with E-state index in [-0.39, 0.29) is 12.3 Å². The largest absolute Gasteiger partial charge is 0.490 e. The van der Waals surface area contributed by atoms with Gasteiger partial charge in [0.2, 0.25) is 0 Å². The van der Waals surface area contributed by atoms with Gasteiger partial charge in [-0.1, -0.05) is 12.0 Å². The molecule has 1 aliphatic rings. The number of carbonyl (C=O) groups is 3. The molecule has 1 heterocycles. The number of esters is 1. The summed E-state index contributed by atoms with van der Waals surface area (Å²) in [4.78, 5) is 36.2. The highest BCUT2D eigenvalue weighted by Gasteiger charge is 2.35. The van der Waals surface area contributed by atoms with Gasteiger partial charge in [-0.05, 0) is 30.7 Å². The number of amides is 3. The van der Waals surface area contributed by atoms with Crippen molar-refractivity contribution >= 4 is 24.0 Å². The first kappa shape index (κ1) is 18.9. The molecule has 2 rings (SSSR count). The van der Waals surface area contributed by atoms with E-state index in [0.29, 0.717) is 23.7 Å². The Bertz CT molecular complexity index is 793. The minimum atomic E-state index is -0.691. The molecule has 0 spiro atoms. The number of carbonyl (C=O) groups excluding carboxylic acids is 3. The molecular weight excluding hydrogens is 340 g/mol. The normalized spacial score (nSPS) is 14.8. The smallest absolute Gasteiger partial charge is 0.329 e. The van der Waals surface area contributed by atoms with Gasteiger partial charge in [0, 0.05) is 0 Å². The number of nitrogens with zero attached hydrogens (tertiary/aromatic N) is 1. The number of nitrogens with one attached hydrogen (secondary N) is 1. The Morgan fingerprint density at radius 1 is 1.31 bits per heavy atom. The van der Waals surface area contributed by atoms with E-state index in [2.05, 4.69) is 16.0 Å². The molecule has 0 aromatic heterocycles. The van der Waals surface area contributed by atoms with Crippen molar-refractivity contribution in [3.63, 3.8) is 0 Å². The van der Waals surface area contributed by atoms with Gasteiger partial charge >= 0.3 is 12.0 Å². The summed E-state index contributed by atoms with van der Waals surface area (Å²) < 4.78 is 15.4. The molecule has 0 radical (unpaired) electrons. The first-order chi connectivity index (χ1) is 12.5. The minimum absolute atomic E-state index is 0.0404. The summed E-state index contributed by atoms with van der Waals surface area (Å²) in [6.07, 6.45) is 6.66. The Morgan fingerprint density at radius 3 is 2.73 bits per heavy atom. The molecule has 0 aliphatic carbocycles. The van der Waals surface area contributed by atoms with Crippen LogP contribution in [0.1, 0.15) is 12.5 Å². The molecule has 3 amide bonds. The van der Waals surface area contributed by atoms with Gasteiger partial charge in [0.15, 0.2) is 11.5 Å². The highest BCUT2D eigenvalue weighted by molar-refractivity contribution is 6.15. The Balaban J connectivity index is 2.24. The Kier molecular flexibility index (Phi) is 6.22. The topological polar surface area (TPSA) is 94.2 Å². The van der Waals surface area contributed by atoms with Crippen LogP contribution >= 0.6 is 0 Å². The zero-order valence-corrected chi connectivity index (χ0v) is 14.4. The van der Waals surface area contributed by atoms with E-state index in [4.69, 9.17) is 15.9 Å². The number of hydrogen-bond donors (Lipinski definition) is 1. The number of ether oxygens (including phenoxy) is 3. The number of urea groups is 1. The van der Waals surface area contributed by atoms with Crippen LogP contribution in [0, 0.1) is 12.3 Å². The van der Waals surface area contributed by atoms with Crippen LogP contribution in [0.5, 0.6) is 11.5 Å². The molecule has 1 aliphatic heterocycles. The van der Waals surface area contributed by atoms with E-state index in [1.54, 1.807) is 18.2 Å². The number of methoxy groups -OCH3 is 1. The van der Waals surface area contributed by atoms with Gasteiger partial charge in [-0.25, -0.2) is 9.69 Å². The molecule has 1 fully saturated rings. The van der Waals surface area contributed by atoms with Crippen molar-refractivity contribution in [1.29, 1.82) is 0 Å². The third-order valence-corrected chi connectivity index (χ3v) is 3.37. The second kappa shape index (κ2) is 8.58. The third kappa shape index (κ3) is 4.33. The van der Waals surface area contributed by atoms with Crippen LogP contribution in [0.2, 0.25) is 0 Å². The lowest BCUT2D eigenvalue weighted by atomic mass is 10.1. The van der Waals surface area contributed by atoms with Crippen molar-refractivity contribution in [3.05, 3.63) is 29.5 Å². The van der Waals surface area contributed by atoms with Crippen LogP contribution in [0.25, 0.3) is 6.08 Å². The molecule has 0 bridgehead atoms. The van der Waals surface area contributed by atoms with Crippen molar-refractivity contribution < 1.29 is 28.6 Å². The number of terminal acetylenes is 1. The molecule has 0 saturated carbocycles. The van der Waals surface area contributed by atoms with Crippen LogP contribution in [0.15, 0.2) is 23.9 Å². The number of imide groups is 1. The van der Waals surface area contributed by atoms with Crippen molar-refractivity contribution in [2.45, 2.75) is 6.92 Å². The summed E-state index contributed by atoms with van der Waals surface area (Å²) >= 11 is 0. The van der Waals surface area contributed by atoms with Gasteiger partial charge in [0.05, 0.1) is 13.7 Å². The van der Waals surface area contributed by atoms with Crippen LogP contribution in [0.3, 0.4) is 0 Å². The zero-order chi connectivity index (χ0) is 19.1. The fraction of sp³-hybridized carbons (Fsp3) is 0.278. The highest BCUT2D eigenvalue weighted by Crippen LogP contribution is 2.29. The molecule has 1 aromatic carbocycles. The van der Waals surface area contributed by atoms with Crippen molar-refractivity contribution in [3.8, 4) is 23.8 Å². The van der Waals surface area contributed by atoms with Gasteiger partial charge in [-0.2, -0.15) is 0 Å². The highest BCUT2D eigenvalue weighted by atomic mass is 16.5. The Hall–Kier alpha value is -3.47. The molecule has 8 heteroatoms. The van der Waals surface area contributed by atoms with E-state index < -0.39 is 24.5 Å². The van der Waals surface area contributed by atoms with Crippen LogP contribution in [-0.2, 0) is 14.3 Å². The van der Waals surface area contributed by atoms with E-state index in [1.165, 1.54) is 13.2 Å². The molecule has 136 valence electrons. The molecule has 0 unspecified atom stereocenters. The quantitative estimate of drug-likeness (QED) is 0.340. The average molecular weight is 358 g/mol. The molecular formula is C18H18N2O6. The zero-order valence-electron chi connectivity index (χ0n) is 14.4. The van der Waals surface area contributed by atoms with Gasteiger partial charge in [0.1, 0.15) is 18.8 Å². The first-order valence-corrected chi connectivity index (χ1v) is 7.74. The summed E-state index contributed by atoms with van der Waals surface area (Å²) in [5, 5.41) is 2.42. The van der Waals surface area contributed by atoms with Gasteiger partial charge < -0.3 is 19.5 Å². The van der Waals surface area contributed by atoms with Crippen LogP contribution < -0.4 is 14.8 Å². The predicted molar refractivity (Wildman–Crippen MR) is 92.2 cm³/mol. The van der Waals surface area contributed by atoms with Crippen LogP contribution in [-0.4, -0.2) is 49.7 Å². The maximum atomic E-state index is 12.3. The summed E-state index contributed by atoms with van der Waals surface area (Å²) in [6.45, 7) is 1.87. The molecule has 1 aromatic rings. The number of rotatable bonds is 7. The lowest BCUT2D eigenvalue weighted by Crippen LogP contribution is -2.36. The summed E-state index contributed by atoms with van der Waals surface area (Å²) in [6, 6.07) is 4.31. The predicted octanol–water partition coefficient (Wildman–Crippen LogP) is 1.16. The fourth-order valence-corrected chi connectivity index (χ4v) is 2.20. The fourth-order valence-electron chi connectivity index (χ4n) is 2.20.